The number of benzene rings is 6. The van der Waals surface area contributed by atoms with Crippen LogP contribution in [0.15, 0.2) is 121 Å². The zero-order chi connectivity index (χ0) is 31.3. The molecule has 0 bridgehead atoms. The van der Waals surface area contributed by atoms with Crippen molar-refractivity contribution >= 4 is 51.1 Å². The molecule has 0 N–H and O–H groups in total. The standard InChI is InChI=1S/C43H35BN2/c1-26-9-15-31(16-10-26)33-19-22-37-39(23-33)46(35-20-13-28(3)14-21-35)41-25-34(32-17-11-27(2)12-18-32)24-40-42(41)44(37)38-8-6-7-36-29(4)30(5)45(40)43(36)38/h6-25H,1-5H3. The van der Waals surface area contributed by atoms with Crippen LogP contribution in [0.2, 0.25) is 0 Å². The second-order valence-corrected chi connectivity index (χ2v) is 13.3. The number of fused-ring (bicyclic) bond motifs is 4. The average molecular weight is 591 g/mol. The van der Waals surface area contributed by atoms with Gasteiger partial charge in [0.2, 0.25) is 0 Å². The monoisotopic (exact) mass is 590 g/mol. The molecular formula is C43H35BN2. The SMILES string of the molecule is Cc1ccc(-c2ccc3c(c2)N(c2ccc(C)cc2)c2cc(-c4ccc(C)cc4)cc4c2B3c2cccc3c(C)c(C)n-4c23)cc1. The highest BCUT2D eigenvalue weighted by atomic mass is 15.2. The van der Waals surface area contributed by atoms with E-state index in [1.54, 1.807) is 0 Å². The molecule has 0 atom stereocenters. The van der Waals surface area contributed by atoms with Crippen LogP contribution in [0.3, 0.4) is 0 Å². The lowest BCUT2D eigenvalue weighted by Gasteiger charge is -2.41. The minimum Gasteiger partial charge on any atom is -0.315 e. The second kappa shape index (κ2) is 9.86. The molecule has 1 aromatic heterocycles. The summed E-state index contributed by atoms with van der Waals surface area (Å²) in [5.74, 6) is 0. The third-order valence-corrected chi connectivity index (χ3v) is 10.4. The van der Waals surface area contributed by atoms with Gasteiger partial charge in [-0.05, 0) is 109 Å². The third kappa shape index (κ3) is 3.84. The number of aromatic nitrogens is 1. The Bertz CT molecular complexity index is 2340. The van der Waals surface area contributed by atoms with Crippen molar-refractivity contribution in [2.75, 3.05) is 4.90 Å². The van der Waals surface area contributed by atoms with Crippen molar-refractivity contribution in [1.82, 2.24) is 4.57 Å². The normalized spacial score (nSPS) is 12.8. The molecular weight excluding hydrogens is 555 g/mol. The first-order valence-electron chi connectivity index (χ1n) is 16.3. The second-order valence-electron chi connectivity index (χ2n) is 13.3. The van der Waals surface area contributed by atoms with Crippen LogP contribution in [-0.2, 0) is 0 Å². The zero-order valence-corrected chi connectivity index (χ0v) is 27.0. The van der Waals surface area contributed by atoms with Gasteiger partial charge in [-0.2, -0.15) is 0 Å². The van der Waals surface area contributed by atoms with Gasteiger partial charge in [-0.1, -0.05) is 108 Å². The molecule has 7 aromatic rings. The summed E-state index contributed by atoms with van der Waals surface area (Å²) >= 11 is 0. The number of para-hydroxylation sites is 1. The molecule has 2 aliphatic rings. The Balaban J connectivity index is 1.42. The van der Waals surface area contributed by atoms with Crippen molar-refractivity contribution in [3.05, 3.63) is 149 Å². The Morgan fingerprint density at radius 2 is 1.04 bits per heavy atom. The van der Waals surface area contributed by atoms with Gasteiger partial charge in [0.25, 0.3) is 6.71 Å². The smallest absolute Gasteiger partial charge is 0.252 e. The molecule has 0 aliphatic carbocycles. The third-order valence-electron chi connectivity index (χ3n) is 10.4. The Morgan fingerprint density at radius 3 is 1.72 bits per heavy atom. The van der Waals surface area contributed by atoms with Crippen molar-refractivity contribution in [2.24, 2.45) is 0 Å². The molecule has 0 fully saturated rings. The van der Waals surface area contributed by atoms with Crippen LogP contribution in [0.25, 0.3) is 38.8 Å². The lowest BCUT2D eigenvalue weighted by Crippen LogP contribution is -2.60. The summed E-state index contributed by atoms with van der Waals surface area (Å²) in [6.45, 7) is 11.2. The minimum absolute atomic E-state index is 0.130. The summed E-state index contributed by atoms with van der Waals surface area (Å²) in [6.07, 6.45) is 0. The first-order valence-corrected chi connectivity index (χ1v) is 16.3. The molecule has 3 heterocycles. The minimum atomic E-state index is 0.130. The van der Waals surface area contributed by atoms with Crippen molar-refractivity contribution in [3.8, 4) is 27.9 Å². The number of hydrogen-bond donors (Lipinski definition) is 0. The number of anilines is 3. The van der Waals surface area contributed by atoms with Gasteiger partial charge >= 0.3 is 0 Å². The Kier molecular flexibility index (Phi) is 5.80. The van der Waals surface area contributed by atoms with Gasteiger partial charge in [0.15, 0.2) is 0 Å². The van der Waals surface area contributed by atoms with E-state index in [2.05, 4.69) is 165 Å². The van der Waals surface area contributed by atoms with E-state index in [4.69, 9.17) is 0 Å². The molecule has 9 rings (SSSR count). The number of hydrogen-bond acceptors (Lipinski definition) is 1. The van der Waals surface area contributed by atoms with Crippen molar-refractivity contribution < 1.29 is 0 Å². The quantitative estimate of drug-likeness (QED) is 0.186. The fourth-order valence-electron chi connectivity index (χ4n) is 7.87. The molecule has 0 amide bonds. The molecule has 220 valence electrons. The lowest BCUT2D eigenvalue weighted by atomic mass is 9.33. The van der Waals surface area contributed by atoms with E-state index in [1.807, 2.05) is 0 Å². The highest BCUT2D eigenvalue weighted by molar-refractivity contribution is 7.00. The molecule has 46 heavy (non-hydrogen) atoms. The van der Waals surface area contributed by atoms with Crippen molar-refractivity contribution in [3.63, 3.8) is 0 Å². The van der Waals surface area contributed by atoms with Gasteiger partial charge in [-0.3, -0.25) is 0 Å². The summed E-state index contributed by atoms with van der Waals surface area (Å²) in [7, 11) is 0. The van der Waals surface area contributed by atoms with Gasteiger partial charge < -0.3 is 9.47 Å². The Morgan fingerprint density at radius 1 is 0.478 bits per heavy atom. The molecule has 6 aromatic carbocycles. The number of aryl methyl sites for hydroxylation is 4. The Hall–Kier alpha value is -5.28. The first-order chi connectivity index (χ1) is 22.4. The van der Waals surface area contributed by atoms with E-state index in [9.17, 15) is 0 Å². The van der Waals surface area contributed by atoms with Gasteiger partial charge in [0.1, 0.15) is 0 Å². The topological polar surface area (TPSA) is 8.17 Å². The molecule has 0 radical (unpaired) electrons. The van der Waals surface area contributed by atoms with Crippen LogP contribution in [0, 0.1) is 34.6 Å². The van der Waals surface area contributed by atoms with E-state index in [-0.39, 0.29) is 6.71 Å². The maximum atomic E-state index is 2.55. The van der Waals surface area contributed by atoms with Crippen LogP contribution in [0.5, 0.6) is 0 Å². The number of nitrogens with zero attached hydrogens (tertiary/aromatic N) is 2. The molecule has 2 nitrogen and oxygen atoms in total. The predicted octanol–water partition coefficient (Wildman–Crippen LogP) is 9.12. The predicted molar refractivity (Wildman–Crippen MR) is 197 cm³/mol. The highest BCUT2D eigenvalue weighted by Crippen LogP contribution is 2.43. The van der Waals surface area contributed by atoms with E-state index in [0.717, 1.165) is 0 Å². The zero-order valence-electron chi connectivity index (χ0n) is 27.0. The van der Waals surface area contributed by atoms with Gasteiger partial charge in [0, 0.05) is 39.3 Å². The van der Waals surface area contributed by atoms with Crippen LogP contribution >= 0.6 is 0 Å². The molecule has 0 unspecified atom stereocenters. The van der Waals surface area contributed by atoms with Gasteiger partial charge in [-0.25, -0.2) is 0 Å². The molecule has 0 saturated heterocycles. The van der Waals surface area contributed by atoms with E-state index in [1.165, 1.54) is 100 Å². The maximum absolute atomic E-state index is 2.55. The van der Waals surface area contributed by atoms with E-state index < -0.39 is 0 Å². The summed E-state index contributed by atoms with van der Waals surface area (Å²) in [5.41, 5.74) is 21.9. The van der Waals surface area contributed by atoms with E-state index >= 15 is 0 Å². The van der Waals surface area contributed by atoms with Crippen molar-refractivity contribution in [2.45, 2.75) is 34.6 Å². The van der Waals surface area contributed by atoms with E-state index in [0.29, 0.717) is 0 Å². The lowest BCUT2D eigenvalue weighted by molar-refractivity contribution is 1.04. The average Bonchev–Trinajstić information content (AvgIpc) is 3.33. The molecule has 0 spiro atoms. The van der Waals surface area contributed by atoms with Gasteiger partial charge in [0.05, 0.1) is 0 Å². The first kappa shape index (κ1) is 27.1. The van der Waals surface area contributed by atoms with Crippen LogP contribution in [0.4, 0.5) is 17.1 Å². The summed E-state index contributed by atoms with van der Waals surface area (Å²) in [5, 5.41) is 1.35. The summed E-state index contributed by atoms with van der Waals surface area (Å²) < 4.78 is 2.55. The van der Waals surface area contributed by atoms with Crippen LogP contribution in [-0.4, -0.2) is 11.3 Å². The molecule has 3 heteroatoms. The summed E-state index contributed by atoms with van der Waals surface area (Å²) in [4.78, 5) is 2.52. The van der Waals surface area contributed by atoms with Crippen LogP contribution < -0.4 is 21.3 Å². The largest absolute Gasteiger partial charge is 0.315 e. The number of rotatable bonds is 3. The van der Waals surface area contributed by atoms with Crippen LogP contribution in [0.1, 0.15) is 27.9 Å². The molecule has 0 saturated carbocycles. The maximum Gasteiger partial charge on any atom is 0.252 e. The Labute approximate surface area is 271 Å². The fourth-order valence-corrected chi connectivity index (χ4v) is 7.87. The van der Waals surface area contributed by atoms with Gasteiger partial charge in [-0.15, -0.1) is 0 Å². The fraction of sp³-hybridized carbons (Fsp3) is 0.116. The highest BCUT2D eigenvalue weighted by Gasteiger charge is 2.42. The molecule has 2 aliphatic heterocycles. The van der Waals surface area contributed by atoms with Crippen molar-refractivity contribution in [1.29, 1.82) is 0 Å². The summed E-state index contributed by atoms with van der Waals surface area (Å²) in [6, 6.07) is 45.9.